The van der Waals surface area contributed by atoms with Gasteiger partial charge in [0.15, 0.2) is 5.76 Å². The lowest BCUT2D eigenvalue weighted by Crippen LogP contribution is -2.61. The second-order valence-electron chi connectivity index (χ2n) is 6.75. The van der Waals surface area contributed by atoms with Crippen molar-refractivity contribution in [3.63, 3.8) is 0 Å². The molecule has 4 nitrogen and oxygen atoms in total. The van der Waals surface area contributed by atoms with Crippen molar-refractivity contribution in [2.75, 3.05) is 6.54 Å². The summed E-state index contributed by atoms with van der Waals surface area (Å²) in [5.74, 6) is 1.46. The molecule has 2 saturated heterocycles. The Bertz CT molecular complexity index is 591. The summed E-state index contributed by atoms with van der Waals surface area (Å²) in [6.07, 6.45) is 6.93. The Morgan fingerprint density at radius 3 is 3.10 bits per heavy atom. The molecular weight excluding hydrogens is 254 g/mol. The van der Waals surface area contributed by atoms with E-state index in [1.807, 2.05) is 6.08 Å². The van der Waals surface area contributed by atoms with Crippen molar-refractivity contribution >= 4 is 0 Å². The molecule has 20 heavy (non-hydrogen) atoms. The zero-order chi connectivity index (χ0) is 13.5. The minimum Gasteiger partial charge on any atom is -0.508 e. The van der Waals surface area contributed by atoms with Crippen LogP contribution in [0, 0.1) is 11.3 Å². The van der Waals surface area contributed by atoms with Crippen LogP contribution in [-0.2, 0) is 4.74 Å². The van der Waals surface area contributed by atoms with E-state index < -0.39 is 6.10 Å². The molecule has 2 bridgehead atoms. The van der Waals surface area contributed by atoms with E-state index in [2.05, 4.69) is 11.4 Å². The van der Waals surface area contributed by atoms with E-state index in [-0.39, 0.29) is 11.5 Å². The van der Waals surface area contributed by atoms with Gasteiger partial charge in [0, 0.05) is 29.4 Å². The van der Waals surface area contributed by atoms with E-state index in [0.29, 0.717) is 29.9 Å². The van der Waals surface area contributed by atoms with Crippen molar-refractivity contribution in [3.8, 4) is 0 Å². The maximum Gasteiger partial charge on any atom is 0.161 e. The van der Waals surface area contributed by atoms with Crippen LogP contribution in [0.1, 0.15) is 25.7 Å². The molecule has 4 heteroatoms. The number of rotatable bonds is 0. The lowest BCUT2D eigenvalue weighted by molar-refractivity contribution is -0.0571. The van der Waals surface area contributed by atoms with Crippen LogP contribution >= 0.6 is 0 Å². The molecule has 3 N–H and O–H groups in total. The average Bonchev–Trinajstić information content (AvgIpc) is 2.78. The molecule has 0 aromatic rings. The lowest BCUT2D eigenvalue weighted by atomic mass is 9.53. The first-order chi connectivity index (χ1) is 9.72. The molecule has 0 aromatic heterocycles. The van der Waals surface area contributed by atoms with Gasteiger partial charge in [-0.3, -0.25) is 0 Å². The van der Waals surface area contributed by atoms with Gasteiger partial charge in [-0.1, -0.05) is 17.7 Å². The average molecular weight is 273 g/mol. The molecule has 2 aliphatic heterocycles. The van der Waals surface area contributed by atoms with Crippen LogP contribution in [0.4, 0.5) is 0 Å². The lowest BCUT2D eigenvalue weighted by Gasteiger charge is -2.54. The third-order valence-corrected chi connectivity index (χ3v) is 5.99. The van der Waals surface area contributed by atoms with Gasteiger partial charge in [-0.15, -0.1) is 0 Å². The first-order valence-electron chi connectivity index (χ1n) is 7.63. The standard InChI is InChI=1S/C16H19NO3/c18-11-3-1-8-7-10-9-2-4-12(19)15-16(9,5-6-17-10)13(8)14(11)20-15/h2,4,9-10,12,15,17-19H,1,3,5-7H2/t9-,10+,12-,15-,16-/m0/s1. The van der Waals surface area contributed by atoms with Crippen LogP contribution in [0.25, 0.3) is 0 Å². The number of allylic oxidation sites excluding steroid dienone is 2. The van der Waals surface area contributed by atoms with E-state index in [0.717, 1.165) is 25.8 Å². The van der Waals surface area contributed by atoms with Crippen molar-refractivity contribution in [2.24, 2.45) is 11.3 Å². The molecule has 0 unspecified atom stereocenters. The van der Waals surface area contributed by atoms with Gasteiger partial charge in [-0.2, -0.15) is 0 Å². The smallest absolute Gasteiger partial charge is 0.161 e. The van der Waals surface area contributed by atoms with Crippen molar-refractivity contribution in [1.29, 1.82) is 0 Å². The summed E-state index contributed by atoms with van der Waals surface area (Å²) in [5.41, 5.74) is 2.58. The summed E-state index contributed by atoms with van der Waals surface area (Å²) in [4.78, 5) is 0. The summed E-state index contributed by atoms with van der Waals surface area (Å²) >= 11 is 0. The van der Waals surface area contributed by atoms with Gasteiger partial charge in [-0.25, -0.2) is 0 Å². The van der Waals surface area contributed by atoms with Gasteiger partial charge < -0.3 is 20.3 Å². The molecule has 1 spiro atoms. The molecule has 3 aliphatic carbocycles. The van der Waals surface area contributed by atoms with E-state index in [4.69, 9.17) is 4.74 Å². The van der Waals surface area contributed by atoms with Gasteiger partial charge >= 0.3 is 0 Å². The molecule has 0 aromatic carbocycles. The third-order valence-electron chi connectivity index (χ3n) is 5.99. The maximum absolute atomic E-state index is 10.4. The topological polar surface area (TPSA) is 61.7 Å². The first-order valence-corrected chi connectivity index (χ1v) is 7.63. The highest BCUT2D eigenvalue weighted by molar-refractivity contribution is 5.52. The van der Waals surface area contributed by atoms with Crippen molar-refractivity contribution in [3.05, 3.63) is 34.8 Å². The highest BCUT2D eigenvalue weighted by atomic mass is 16.5. The minimum atomic E-state index is -0.567. The Morgan fingerprint density at radius 2 is 2.20 bits per heavy atom. The Hall–Kier alpha value is -1.26. The van der Waals surface area contributed by atoms with Crippen LogP contribution in [0.5, 0.6) is 0 Å². The molecule has 0 radical (unpaired) electrons. The fourth-order valence-electron chi connectivity index (χ4n) is 5.28. The summed E-state index contributed by atoms with van der Waals surface area (Å²) in [7, 11) is 0. The number of nitrogens with one attached hydrogen (secondary N) is 1. The predicted molar refractivity (Wildman–Crippen MR) is 72.9 cm³/mol. The van der Waals surface area contributed by atoms with Crippen LogP contribution in [0.3, 0.4) is 0 Å². The van der Waals surface area contributed by atoms with Crippen LogP contribution in [0.2, 0.25) is 0 Å². The zero-order valence-corrected chi connectivity index (χ0v) is 11.3. The normalized spacial score (nSPS) is 48.2. The molecule has 5 atom stereocenters. The quantitative estimate of drug-likeness (QED) is 0.586. The molecule has 106 valence electrons. The summed E-state index contributed by atoms with van der Waals surface area (Å²) in [6, 6.07) is 0.456. The van der Waals surface area contributed by atoms with Gasteiger partial charge in [0.05, 0.1) is 0 Å². The van der Waals surface area contributed by atoms with Crippen molar-refractivity contribution in [1.82, 2.24) is 5.32 Å². The highest BCUT2D eigenvalue weighted by Gasteiger charge is 2.64. The third kappa shape index (κ3) is 1.09. The fraction of sp³-hybridized carbons (Fsp3) is 0.625. The second-order valence-corrected chi connectivity index (χ2v) is 6.75. The van der Waals surface area contributed by atoms with E-state index >= 15 is 0 Å². The Labute approximate surface area is 117 Å². The molecule has 5 aliphatic rings. The molecule has 5 rings (SSSR count). The zero-order valence-electron chi connectivity index (χ0n) is 11.3. The Morgan fingerprint density at radius 1 is 1.30 bits per heavy atom. The van der Waals surface area contributed by atoms with Crippen LogP contribution in [0.15, 0.2) is 34.8 Å². The van der Waals surface area contributed by atoms with Gasteiger partial charge in [0.25, 0.3) is 0 Å². The molecule has 0 amide bonds. The van der Waals surface area contributed by atoms with Crippen LogP contribution in [-0.4, -0.2) is 35.0 Å². The van der Waals surface area contributed by atoms with Gasteiger partial charge in [0.1, 0.15) is 18.0 Å². The monoisotopic (exact) mass is 273 g/mol. The van der Waals surface area contributed by atoms with Gasteiger partial charge in [-0.05, 0) is 25.8 Å². The number of hydrogen-bond donors (Lipinski definition) is 3. The van der Waals surface area contributed by atoms with Crippen molar-refractivity contribution < 1.29 is 14.9 Å². The Balaban J connectivity index is 1.82. The largest absolute Gasteiger partial charge is 0.508 e. The number of aliphatic hydroxyl groups excluding tert-OH is 2. The predicted octanol–water partition coefficient (Wildman–Crippen LogP) is 1.54. The summed E-state index contributed by atoms with van der Waals surface area (Å²) in [5, 5.41) is 24.3. The first kappa shape index (κ1) is 11.4. The van der Waals surface area contributed by atoms with E-state index in [1.54, 1.807) is 0 Å². The number of hydrogen-bond acceptors (Lipinski definition) is 4. The SMILES string of the molecule is OC1=C2O[C@H]3[C@@H](O)C=C[C@H]4[C@H]5CC(=C2[C@]43CCN5)CC1. The summed E-state index contributed by atoms with van der Waals surface area (Å²) < 4.78 is 6.09. The van der Waals surface area contributed by atoms with E-state index in [9.17, 15) is 10.2 Å². The van der Waals surface area contributed by atoms with Gasteiger partial charge in [0.2, 0.25) is 0 Å². The molecule has 0 saturated carbocycles. The van der Waals surface area contributed by atoms with Crippen molar-refractivity contribution in [2.45, 2.75) is 43.9 Å². The maximum atomic E-state index is 10.4. The minimum absolute atomic E-state index is 0.110. The summed E-state index contributed by atoms with van der Waals surface area (Å²) in [6.45, 7) is 0.965. The highest BCUT2D eigenvalue weighted by Crippen LogP contribution is 2.64. The van der Waals surface area contributed by atoms with Crippen LogP contribution < -0.4 is 5.32 Å². The number of ether oxygens (including phenoxy) is 1. The Kier molecular flexibility index (Phi) is 1.99. The number of piperidine rings is 1. The molecule has 2 heterocycles. The fourth-order valence-corrected chi connectivity index (χ4v) is 5.28. The van der Waals surface area contributed by atoms with E-state index in [1.165, 1.54) is 11.1 Å². The molecule has 2 fully saturated rings. The second kappa shape index (κ2) is 3.49. The molecular formula is C16H19NO3. The number of aliphatic hydroxyl groups is 2.